The van der Waals surface area contributed by atoms with Crippen LogP contribution in [0.2, 0.25) is 0 Å². The second kappa shape index (κ2) is 5.71. The molecule has 3 heteroatoms. The molecule has 0 unspecified atom stereocenters. The molecule has 0 saturated heterocycles. The van der Waals surface area contributed by atoms with E-state index in [2.05, 4.69) is 71.3 Å². The Bertz CT molecular complexity index is 1740. The Hall–Kier alpha value is -4.11. The van der Waals surface area contributed by atoms with Crippen molar-refractivity contribution in [1.82, 2.24) is 9.55 Å². The Morgan fingerprint density at radius 3 is 2.17 bits per heavy atom. The zero-order valence-corrected chi connectivity index (χ0v) is 16.0. The molecule has 0 aliphatic carbocycles. The van der Waals surface area contributed by atoms with Gasteiger partial charge in [-0.2, -0.15) is 0 Å². The van der Waals surface area contributed by atoms with Crippen LogP contribution in [0.1, 0.15) is 0 Å². The van der Waals surface area contributed by atoms with Crippen LogP contribution in [0.3, 0.4) is 0 Å². The summed E-state index contributed by atoms with van der Waals surface area (Å²) in [6, 6.07) is 31.5. The van der Waals surface area contributed by atoms with Gasteiger partial charge in [0.2, 0.25) is 0 Å². The molecule has 3 aromatic heterocycles. The zero-order valence-electron chi connectivity index (χ0n) is 16.0. The van der Waals surface area contributed by atoms with E-state index in [9.17, 15) is 0 Å². The van der Waals surface area contributed by atoms with Crippen LogP contribution in [-0.4, -0.2) is 9.55 Å². The number of fused-ring (bicyclic) bond motifs is 10. The van der Waals surface area contributed by atoms with Crippen molar-refractivity contribution in [3.05, 3.63) is 97.2 Å². The van der Waals surface area contributed by atoms with Gasteiger partial charge in [0.05, 0.1) is 10.9 Å². The standard InChI is InChI=1S/C27H16N2O/c1-2-9-17(10-3-1)29-25-23(21-14-8-16-28-27(21)29)18-11-4-5-12-19(18)26-24(25)20-13-6-7-15-22(20)30-26/h1-16H. The highest BCUT2D eigenvalue weighted by Crippen LogP contribution is 2.45. The lowest BCUT2D eigenvalue weighted by Gasteiger charge is -2.09. The second-order valence-corrected chi connectivity index (χ2v) is 7.62. The average molecular weight is 384 g/mol. The summed E-state index contributed by atoms with van der Waals surface area (Å²) in [5.74, 6) is 0. The molecule has 0 bridgehead atoms. The van der Waals surface area contributed by atoms with E-state index in [0.29, 0.717) is 0 Å². The summed E-state index contributed by atoms with van der Waals surface area (Å²) in [5, 5.41) is 6.96. The van der Waals surface area contributed by atoms with Gasteiger partial charge in [0, 0.05) is 33.4 Å². The highest BCUT2D eigenvalue weighted by molar-refractivity contribution is 6.35. The van der Waals surface area contributed by atoms with Gasteiger partial charge in [-0.15, -0.1) is 0 Å². The summed E-state index contributed by atoms with van der Waals surface area (Å²) < 4.78 is 8.71. The van der Waals surface area contributed by atoms with E-state index in [0.717, 1.165) is 49.6 Å². The number of furan rings is 1. The second-order valence-electron chi connectivity index (χ2n) is 7.62. The van der Waals surface area contributed by atoms with Crippen LogP contribution >= 0.6 is 0 Å². The maximum atomic E-state index is 6.43. The Kier molecular flexibility index (Phi) is 3.00. The highest BCUT2D eigenvalue weighted by Gasteiger charge is 2.22. The molecule has 0 atom stereocenters. The SMILES string of the molecule is c1ccc(-n2c3ncccc3c3c4ccccc4c4oc5ccccc5c4c32)cc1. The molecule has 140 valence electrons. The number of benzene rings is 4. The normalized spacial score (nSPS) is 12.0. The molecule has 0 spiro atoms. The molecule has 3 heterocycles. The summed E-state index contributed by atoms with van der Waals surface area (Å²) in [6.45, 7) is 0. The lowest BCUT2D eigenvalue weighted by molar-refractivity contribution is 0.673. The Balaban J connectivity index is 1.91. The maximum absolute atomic E-state index is 6.43. The van der Waals surface area contributed by atoms with Gasteiger partial charge in [-0.05, 0) is 35.7 Å². The minimum atomic E-state index is 0.906. The lowest BCUT2D eigenvalue weighted by Crippen LogP contribution is -1.95. The first-order chi connectivity index (χ1) is 14.9. The molecule has 7 aromatic rings. The summed E-state index contributed by atoms with van der Waals surface area (Å²) in [5.41, 5.74) is 5.04. The first kappa shape index (κ1) is 15.8. The number of pyridine rings is 1. The molecule has 0 amide bonds. The van der Waals surface area contributed by atoms with Gasteiger partial charge in [-0.3, -0.25) is 4.57 Å². The Morgan fingerprint density at radius 2 is 1.30 bits per heavy atom. The van der Waals surface area contributed by atoms with Crippen molar-refractivity contribution in [2.45, 2.75) is 0 Å². The topological polar surface area (TPSA) is 31.0 Å². The van der Waals surface area contributed by atoms with E-state index in [1.165, 1.54) is 10.8 Å². The van der Waals surface area contributed by atoms with E-state index in [1.807, 2.05) is 30.5 Å². The van der Waals surface area contributed by atoms with E-state index in [4.69, 9.17) is 9.40 Å². The summed E-state index contributed by atoms with van der Waals surface area (Å²) in [4.78, 5) is 4.81. The van der Waals surface area contributed by atoms with Crippen LogP contribution in [-0.2, 0) is 0 Å². The predicted molar refractivity (Wildman–Crippen MR) is 123 cm³/mol. The quantitative estimate of drug-likeness (QED) is 0.299. The fraction of sp³-hybridized carbons (Fsp3) is 0. The van der Waals surface area contributed by atoms with Gasteiger partial charge in [0.25, 0.3) is 0 Å². The van der Waals surface area contributed by atoms with Gasteiger partial charge in [-0.25, -0.2) is 4.98 Å². The zero-order chi connectivity index (χ0) is 19.7. The van der Waals surface area contributed by atoms with Crippen molar-refractivity contribution in [2.75, 3.05) is 0 Å². The maximum Gasteiger partial charge on any atom is 0.145 e. The molecule has 0 aliphatic heterocycles. The molecule has 0 aliphatic rings. The van der Waals surface area contributed by atoms with Crippen LogP contribution in [0, 0.1) is 0 Å². The Morgan fingerprint density at radius 1 is 0.600 bits per heavy atom. The third-order valence-corrected chi connectivity index (χ3v) is 6.02. The molecular formula is C27H16N2O. The molecule has 4 aromatic carbocycles. The number of para-hydroxylation sites is 2. The largest absolute Gasteiger partial charge is 0.455 e. The molecule has 30 heavy (non-hydrogen) atoms. The summed E-state index contributed by atoms with van der Waals surface area (Å²) in [7, 11) is 0. The first-order valence-corrected chi connectivity index (χ1v) is 10.1. The van der Waals surface area contributed by atoms with E-state index in [1.54, 1.807) is 0 Å². The number of hydrogen-bond acceptors (Lipinski definition) is 2. The van der Waals surface area contributed by atoms with Crippen molar-refractivity contribution in [2.24, 2.45) is 0 Å². The smallest absolute Gasteiger partial charge is 0.145 e. The fourth-order valence-corrected chi connectivity index (χ4v) is 4.82. The number of aromatic nitrogens is 2. The lowest BCUT2D eigenvalue weighted by atomic mass is 10.00. The van der Waals surface area contributed by atoms with Crippen LogP contribution in [0.15, 0.2) is 102 Å². The summed E-state index contributed by atoms with van der Waals surface area (Å²) >= 11 is 0. The monoisotopic (exact) mass is 384 g/mol. The van der Waals surface area contributed by atoms with Gasteiger partial charge < -0.3 is 4.42 Å². The summed E-state index contributed by atoms with van der Waals surface area (Å²) in [6.07, 6.45) is 1.87. The van der Waals surface area contributed by atoms with E-state index in [-0.39, 0.29) is 0 Å². The number of nitrogens with zero attached hydrogens (tertiary/aromatic N) is 2. The van der Waals surface area contributed by atoms with E-state index >= 15 is 0 Å². The van der Waals surface area contributed by atoms with Crippen LogP contribution < -0.4 is 0 Å². The predicted octanol–water partition coefficient (Wildman–Crippen LogP) is 7.23. The van der Waals surface area contributed by atoms with E-state index < -0.39 is 0 Å². The molecular weight excluding hydrogens is 368 g/mol. The third kappa shape index (κ3) is 1.91. The van der Waals surface area contributed by atoms with Gasteiger partial charge >= 0.3 is 0 Å². The van der Waals surface area contributed by atoms with Crippen molar-refractivity contribution in [3.8, 4) is 5.69 Å². The van der Waals surface area contributed by atoms with Gasteiger partial charge in [0.15, 0.2) is 0 Å². The molecule has 0 fully saturated rings. The van der Waals surface area contributed by atoms with Crippen molar-refractivity contribution < 1.29 is 4.42 Å². The number of hydrogen-bond donors (Lipinski definition) is 0. The third-order valence-electron chi connectivity index (χ3n) is 6.02. The minimum Gasteiger partial charge on any atom is -0.455 e. The van der Waals surface area contributed by atoms with Crippen LogP contribution in [0.5, 0.6) is 0 Å². The van der Waals surface area contributed by atoms with Crippen molar-refractivity contribution in [1.29, 1.82) is 0 Å². The first-order valence-electron chi connectivity index (χ1n) is 10.1. The molecule has 3 nitrogen and oxygen atoms in total. The molecule has 0 N–H and O–H groups in total. The highest BCUT2D eigenvalue weighted by atomic mass is 16.3. The Labute approximate surface area is 171 Å². The minimum absolute atomic E-state index is 0.906. The van der Waals surface area contributed by atoms with Crippen molar-refractivity contribution >= 4 is 54.6 Å². The molecule has 7 rings (SSSR count). The van der Waals surface area contributed by atoms with Crippen molar-refractivity contribution in [3.63, 3.8) is 0 Å². The average Bonchev–Trinajstić information content (AvgIpc) is 3.36. The molecule has 0 radical (unpaired) electrons. The number of rotatable bonds is 1. The van der Waals surface area contributed by atoms with Crippen LogP contribution in [0.4, 0.5) is 0 Å². The van der Waals surface area contributed by atoms with Crippen LogP contribution in [0.25, 0.3) is 60.3 Å². The molecule has 0 saturated carbocycles. The van der Waals surface area contributed by atoms with Gasteiger partial charge in [-0.1, -0.05) is 60.7 Å². The fourth-order valence-electron chi connectivity index (χ4n) is 4.82. The van der Waals surface area contributed by atoms with Gasteiger partial charge in [0.1, 0.15) is 16.8 Å².